The maximum atomic E-state index is 13.5. The number of ether oxygens (including phenoxy) is 1. The lowest BCUT2D eigenvalue weighted by molar-refractivity contribution is -0.140. The first-order chi connectivity index (χ1) is 15.9. The molecule has 0 aromatic heterocycles. The third-order valence-corrected chi connectivity index (χ3v) is 7.23. The summed E-state index contributed by atoms with van der Waals surface area (Å²) in [5.74, 6) is -0.334. The van der Waals surface area contributed by atoms with Crippen LogP contribution in [-0.2, 0) is 26.2 Å². The minimum absolute atomic E-state index is 0.00399. The Morgan fingerprint density at radius 3 is 2.15 bits per heavy atom. The lowest BCUT2D eigenvalue weighted by Gasteiger charge is -2.32. The molecule has 2 aromatic rings. The molecule has 0 aliphatic carbocycles. The largest absolute Gasteiger partial charge is 0.497 e. The summed E-state index contributed by atoms with van der Waals surface area (Å²) in [6.45, 7) is 1.24. The van der Waals surface area contributed by atoms with E-state index in [-0.39, 0.29) is 33.2 Å². The first-order valence-electron chi connectivity index (χ1n) is 10.2. The van der Waals surface area contributed by atoms with Gasteiger partial charge in [0, 0.05) is 13.6 Å². The molecule has 1 unspecified atom stereocenters. The fraction of sp³-hybridized carbons (Fsp3) is 0.364. The summed E-state index contributed by atoms with van der Waals surface area (Å²) in [6, 6.07) is 8.75. The van der Waals surface area contributed by atoms with Crippen LogP contribution in [0.4, 0.5) is 5.69 Å². The van der Waals surface area contributed by atoms with Crippen molar-refractivity contribution in [2.75, 3.05) is 31.3 Å². The fourth-order valence-corrected chi connectivity index (χ4v) is 4.86. The minimum Gasteiger partial charge on any atom is -0.497 e. The summed E-state index contributed by atoms with van der Waals surface area (Å²) in [7, 11) is -0.945. The molecule has 0 saturated carbocycles. The van der Waals surface area contributed by atoms with Crippen LogP contribution in [0.5, 0.6) is 5.75 Å². The SMILES string of the molecule is CCC(C(=O)NC)N(Cc1ccc(OC)cc1)C(=O)CN(c1cc(Cl)c(Cl)cc1Cl)S(C)(=O)=O. The second kappa shape index (κ2) is 12.0. The number of benzene rings is 2. The molecule has 2 amide bonds. The summed E-state index contributed by atoms with van der Waals surface area (Å²) >= 11 is 18.3. The van der Waals surface area contributed by atoms with E-state index >= 15 is 0 Å². The number of carbonyl (C=O) groups excluding carboxylic acids is 2. The number of methoxy groups -OCH3 is 1. The highest BCUT2D eigenvalue weighted by Crippen LogP contribution is 2.35. The van der Waals surface area contributed by atoms with Gasteiger partial charge in [0.1, 0.15) is 18.3 Å². The van der Waals surface area contributed by atoms with Crippen molar-refractivity contribution in [2.45, 2.75) is 25.9 Å². The van der Waals surface area contributed by atoms with Gasteiger partial charge in [-0.05, 0) is 36.2 Å². The molecule has 0 radical (unpaired) electrons. The molecule has 0 aliphatic rings. The van der Waals surface area contributed by atoms with Gasteiger partial charge in [-0.2, -0.15) is 0 Å². The van der Waals surface area contributed by atoms with Crippen molar-refractivity contribution in [2.24, 2.45) is 0 Å². The highest BCUT2D eigenvalue weighted by molar-refractivity contribution is 7.92. The Hall–Kier alpha value is -2.20. The number of halogens is 3. The highest BCUT2D eigenvalue weighted by Gasteiger charge is 2.32. The van der Waals surface area contributed by atoms with Crippen LogP contribution in [0.2, 0.25) is 15.1 Å². The van der Waals surface area contributed by atoms with Crippen LogP contribution in [0, 0.1) is 0 Å². The molecule has 2 aromatic carbocycles. The van der Waals surface area contributed by atoms with Gasteiger partial charge in [-0.25, -0.2) is 8.42 Å². The Balaban J connectivity index is 2.48. The molecule has 0 aliphatic heterocycles. The maximum absolute atomic E-state index is 13.5. The Bertz CT molecular complexity index is 1140. The van der Waals surface area contributed by atoms with Crippen molar-refractivity contribution in [1.82, 2.24) is 10.2 Å². The van der Waals surface area contributed by atoms with Crippen LogP contribution in [-0.4, -0.2) is 58.1 Å². The Morgan fingerprint density at radius 1 is 1.06 bits per heavy atom. The molecule has 0 spiro atoms. The first-order valence-corrected chi connectivity index (χ1v) is 13.2. The quantitative estimate of drug-likeness (QED) is 0.452. The van der Waals surface area contributed by atoms with Crippen molar-refractivity contribution < 1.29 is 22.7 Å². The molecule has 0 fully saturated rings. The van der Waals surface area contributed by atoms with Crippen LogP contribution in [0.3, 0.4) is 0 Å². The number of anilines is 1. The monoisotopic (exact) mass is 549 g/mol. The second-order valence-corrected chi connectivity index (χ2v) is 10.5. The van der Waals surface area contributed by atoms with Crippen molar-refractivity contribution in [3.63, 3.8) is 0 Å². The average molecular weight is 551 g/mol. The highest BCUT2D eigenvalue weighted by atomic mass is 35.5. The lowest BCUT2D eigenvalue weighted by Crippen LogP contribution is -2.51. The van der Waals surface area contributed by atoms with Gasteiger partial charge in [0.2, 0.25) is 21.8 Å². The fourth-order valence-electron chi connectivity index (χ4n) is 3.31. The van der Waals surface area contributed by atoms with E-state index in [0.717, 1.165) is 16.1 Å². The molecule has 34 heavy (non-hydrogen) atoms. The molecular weight excluding hydrogens is 525 g/mol. The van der Waals surface area contributed by atoms with E-state index in [2.05, 4.69) is 5.32 Å². The van der Waals surface area contributed by atoms with Gasteiger partial charge in [0.25, 0.3) is 0 Å². The van der Waals surface area contributed by atoms with Gasteiger partial charge in [-0.15, -0.1) is 0 Å². The number of nitrogens with zero attached hydrogens (tertiary/aromatic N) is 2. The molecule has 1 atom stereocenters. The third kappa shape index (κ3) is 6.91. The Morgan fingerprint density at radius 2 is 1.65 bits per heavy atom. The number of rotatable bonds is 10. The van der Waals surface area contributed by atoms with E-state index in [0.29, 0.717) is 12.2 Å². The number of sulfonamides is 1. The molecule has 0 saturated heterocycles. The normalized spacial score (nSPS) is 12.1. The molecule has 12 heteroatoms. The van der Waals surface area contributed by atoms with Gasteiger partial charge in [0.05, 0.1) is 34.1 Å². The van der Waals surface area contributed by atoms with Crippen molar-refractivity contribution >= 4 is 62.3 Å². The van der Waals surface area contributed by atoms with E-state index in [4.69, 9.17) is 39.5 Å². The van der Waals surface area contributed by atoms with E-state index in [1.165, 1.54) is 31.2 Å². The van der Waals surface area contributed by atoms with E-state index in [1.54, 1.807) is 31.2 Å². The van der Waals surface area contributed by atoms with Gasteiger partial charge < -0.3 is 15.0 Å². The van der Waals surface area contributed by atoms with E-state index in [9.17, 15) is 18.0 Å². The first kappa shape index (κ1) is 28.0. The summed E-state index contributed by atoms with van der Waals surface area (Å²) in [5, 5.41) is 2.78. The van der Waals surface area contributed by atoms with Crippen LogP contribution < -0.4 is 14.4 Å². The third-order valence-electron chi connectivity index (χ3n) is 5.08. The van der Waals surface area contributed by atoms with Gasteiger partial charge in [0.15, 0.2) is 0 Å². The summed E-state index contributed by atoms with van der Waals surface area (Å²) in [5.41, 5.74) is 0.735. The predicted octanol–water partition coefficient (Wildman–Crippen LogP) is 3.97. The van der Waals surface area contributed by atoms with Gasteiger partial charge in [-0.1, -0.05) is 53.9 Å². The van der Waals surface area contributed by atoms with E-state index < -0.39 is 28.5 Å². The molecule has 0 heterocycles. The number of carbonyl (C=O) groups is 2. The van der Waals surface area contributed by atoms with Gasteiger partial charge in [-0.3, -0.25) is 13.9 Å². The molecule has 0 bridgehead atoms. The van der Waals surface area contributed by atoms with Crippen molar-refractivity contribution in [1.29, 1.82) is 0 Å². The standard InChI is InChI=1S/C22H26Cl3N3O5S/c1-5-19(22(30)26-2)27(12-14-6-8-15(33-3)9-7-14)21(29)13-28(34(4,31)32)20-11-17(24)16(23)10-18(20)25/h6-11,19H,5,12-13H2,1-4H3,(H,26,30). The van der Waals surface area contributed by atoms with Crippen LogP contribution >= 0.6 is 34.8 Å². The minimum atomic E-state index is -3.96. The summed E-state index contributed by atoms with van der Waals surface area (Å²) < 4.78 is 31.3. The van der Waals surface area contributed by atoms with Crippen LogP contribution in [0.1, 0.15) is 18.9 Å². The number of hydrogen-bond acceptors (Lipinski definition) is 5. The molecule has 186 valence electrons. The number of nitrogens with one attached hydrogen (secondary N) is 1. The van der Waals surface area contributed by atoms with Crippen LogP contribution in [0.15, 0.2) is 36.4 Å². The second-order valence-electron chi connectivity index (χ2n) is 7.40. The molecule has 1 N–H and O–H groups in total. The maximum Gasteiger partial charge on any atom is 0.244 e. The van der Waals surface area contributed by atoms with Crippen molar-refractivity contribution in [3.8, 4) is 5.75 Å². The Labute approximate surface area is 214 Å². The smallest absolute Gasteiger partial charge is 0.244 e. The molecule has 8 nitrogen and oxygen atoms in total. The van der Waals surface area contributed by atoms with E-state index in [1.807, 2.05) is 0 Å². The summed E-state index contributed by atoms with van der Waals surface area (Å²) in [6.07, 6.45) is 1.26. The summed E-state index contributed by atoms with van der Waals surface area (Å²) in [4.78, 5) is 27.4. The zero-order chi connectivity index (χ0) is 25.6. The van der Waals surface area contributed by atoms with Gasteiger partial charge >= 0.3 is 0 Å². The molecule has 2 rings (SSSR count). The van der Waals surface area contributed by atoms with Crippen LogP contribution in [0.25, 0.3) is 0 Å². The number of amides is 2. The molecular formula is C22H26Cl3N3O5S. The predicted molar refractivity (Wildman–Crippen MR) is 135 cm³/mol. The average Bonchev–Trinajstić information content (AvgIpc) is 2.79. The number of hydrogen-bond donors (Lipinski definition) is 1. The zero-order valence-corrected chi connectivity index (χ0v) is 22.2. The number of likely N-dealkylation sites (N-methyl/N-ethyl adjacent to an activating group) is 1. The Kier molecular flexibility index (Phi) is 9.87. The topological polar surface area (TPSA) is 96.0 Å². The van der Waals surface area contributed by atoms with Crippen molar-refractivity contribution in [3.05, 3.63) is 57.0 Å². The zero-order valence-electron chi connectivity index (χ0n) is 19.1. The lowest BCUT2D eigenvalue weighted by atomic mass is 10.1.